The van der Waals surface area contributed by atoms with Crippen molar-refractivity contribution >= 4 is 29.3 Å². The lowest BCUT2D eigenvalue weighted by Crippen LogP contribution is -2.05. The monoisotopic (exact) mass is 383 g/mol. The van der Waals surface area contributed by atoms with Crippen LogP contribution in [0.4, 0.5) is 0 Å². The molecular formula is C19H14ClN3O2S. The number of carbonyl (C=O) groups excluding carboxylic acids is 1. The third kappa shape index (κ3) is 4.88. The second kappa shape index (κ2) is 9.09. The molecule has 0 aliphatic carbocycles. The number of nitrogens with zero attached hydrogens (tertiary/aromatic N) is 3. The van der Waals surface area contributed by atoms with E-state index in [1.54, 1.807) is 28.9 Å². The van der Waals surface area contributed by atoms with Crippen molar-refractivity contribution in [2.24, 2.45) is 0 Å². The van der Waals surface area contributed by atoms with E-state index in [1.165, 1.54) is 18.1 Å². The van der Waals surface area contributed by atoms with Crippen LogP contribution in [0.1, 0.15) is 10.4 Å². The van der Waals surface area contributed by atoms with Crippen LogP contribution >= 0.6 is 23.4 Å². The first-order valence-corrected chi connectivity index (χ1v) is 9.07. The lowest BCUT2D eigenvalue weighted by molar-refractivity contribution is 0.0556. The molecule has 0 aliphatic heterocycles. The summed E-state index contributed by atoms with van der Waals surface area (Å²) in [4.78, 5) is 16.1. The van der Waals surface area contributed by atoms with Gasteiger partial charge in [0.05, 0.1) is 17.0 Å². The van der Waals surface area contributed by atoms with E-state index in [2.05, 4.69) is 21.9 Å². The molecule has 0 bridgehead atoms. The van der Waals surface area contributed by atoms with Gasteiger partial charge in [-0.25, -0.2) is 14.5 Å². The molecule has 26 heavy (non-hydrogen) atoms. The van der Waals surface area contributed by atoms with E-state index in [0.29, 0.717) is 16.3 Å². The summed E-state index contributed by atoms with van der Waals surface area (Å²) in [7, 11) is 0. The number of thioether (sulfide) groups is 1. The lowest BCUT2D eigenvalue weighted by Gasteiger charge is -2.03. The Kier molecular flexibility index (Phi) is 6.31. The third-order valence-electron chi connectivity index (χ3n) is 3.27. The van der Waals surface area contributed by atoms with Crippen molar-refractivity contribution in [3.05, 3.63) is 71.5 Å². The van der Waals surface area contributed by atoms with E-state index in [-0.39, 0.29) is 6.61 Å². The molecule has 0 N–H and O–H groups in total. The molecule has 0 radical (unpaired) electrons. The highest BCUT2D eigenvalue weighted by atomic mass is 35.5. The van der Waals surface area contributed by atoms with Crippen molar-refractivity contribution in [3.63, 3.8) is 0 Å². The molecule has 0 saturated carbocycles. The van der Waals surface area contributed by atoms with Gasteiger partial charge in [0, 0.05) is 5.02 Å². The SMILES string of the molecule is O=C(OCC#CCSc1ncnn1-c1ccccc1)c1ccc(Cl)cc1. The van der Waals surface area contributed by atoms with Gasteiger partial charge in [-0.05, 0) is 36.4 Å². The standard InChI is InChI=1S/C19H14ClN3O2S/c20-16-10-8-15(9-11-16)18(24)25-12-4-5-13-26-19-21-14-22-23(19)17-6-2-1-3-7-17/h1-3,6-11,14H,12-13H2. The van der Waals surface area contributed by atoms with Crippen LogP contribution in [0.15, 0.2) is 66.1 Å². The average molecular weight is 384 g/mol. The quantitative estimate of drug-likeness (QED) is 0.380. The Hall–Kier alpha value is -2.75. The van der Waals surface area contributed by atoms with Gasteiger partial charge in [-0.1, -0.05) is 53.4 Å². The van der Waals surface area contributed by atoms with Crippen LogP contribution in [0.2, 0.25) is 5.02 Å². The van der Waals surface area contributed by atoms with Crippen molar-refractivity contribution in [3.8, 4) is 17.5 Å². The number of para-hydroxylation sites is 1. The third-order valence-corrected chi connectivity index (χ3v) is 4.35. The number of ether oxygens (including phenoxy) is 1. The summed E-state index contributed by atoms with van der Waals surface area (Å²) < 4.78 is 6.86. The summed E-state index contributed by atoms with van der Waals surface area (Å²) in [5.74, 6) is 5.87. The van der Waals surface area contributed by atoms with E-state index in [9.17, 15) is 4.79 Å². The summed E-state index contributed by atoms with van der Waals surface area (Å²) in [6.45, 7) is 0.0351. The van der Waals surface area contributed by atoms with Gasteiger partial charge in [-0.15, -0.1) is 0 Å². The van der Waals surface area contributed by atoms with E-state index < -0.39 is 5.97 Å². The van der Waals surface area contributed by atoms with Crippen molar-refractivity contribution < 1.29 is 9.53 Å². The number of aromatic nitrogens is 3. The fourth-order valence-electron chi connectivity index (χ4n) is 2.05. The smallest absolute Gasteiger partial charge is 0.339 e. The molecule has 3 rings (SSSR count). The first kappa shape index (κ1) is 18.1. The number of hydrogen-bond acceptors (Lipinski definition) is 5. The lowest BCUT2D eigenvalue weighted by atomic mass is 10.2. The Labute approximate surface area is 160 Å². The van der Waals surface area contributed by atoms with Gasteiger partial charge in [-0.2, -0.15) is 5.10 Å². The maximum absolute atomic E-state index is 11.8. The van der Waals surface area contributed by atoms with Gasteiger partial charge < -0.3 is 4.74 Å². The van der Waals surface area contributed by atoms with E-state index in [4.69, 9.17) is 16.3 Å². The highest BCUT2D eigenvalue weighted by Crippen LogP contribution is 2.17. The molecular weight excluding hydrogens is 370 g/mol. The number of benzene rings is 2. The summed E-state index contributed by atoms with van der Waals surface area (Å²) in [5.41, 5.74) is 1.39. The Morgan fingerprint density at radius 1 is 1.12 bits per heavy atom. The van der Waals surface area contributed by atoms with Crippen molar-refractivity contribution in [2.75, 3.05) is 12.4 Å². The van der Waals surface area contributed by atoms with E-state index >= 15 is 0 Å². The molecule has 0 fully saturated rings. The zero-order chi connectivity index (χ0) is 18.2. The summed E-state index contributed by atoms with van der Waals surface area (Å²) >= 11 is 7.25. The fourth-order valence-corrected chi connectivity index (χ4v) is 2.88. The van der Waals surface area contributed by atoms with Crippen LogP contribution in [-0.2, 0) is 4.74 Å². The second-order valence-corrected chi connectivity index (χ2v) is 6.39. The second-order valence-electron chi connectivity index (χ2n) is 5.02. The van der Waals surface area contributed by atoms with Crippen molar-refractivity contribution in [1.29, 1.82) is 0 Å². The molecule has 130 valence electrons. The first-order valence-electron chi connectivity index (χ1n) is 7.71. The molecule has 1 heterocycles. The molecule has 0 aliphatic rings. The number of esters is 1. The van der Waals surface area contributed by atoms with E-state index in [1.807, 2.05) is 30.3 Å². The molecule has 0 atom stereocenters. The Morgan fingerprint density at radius 3 is 2.65 bits per heavy atom. The largest absolute Gasteiger partial charge is 0.449 e. The van der Waals surface area contributed by atoms with Gasteiger partial charge in [0.1, 0.15) is 6.33 Å². The molecule has 0 saturated heterocycles. The predicted octanol–water partition coefficient (Wildman–Crippen LogP) is 3.87. The van der Waals surface area contributed by atoms with Gasteiger partial charge in [0.2, 0.25) is 0 Å². The zero-order valence-electron chi connectivity index (χ0n) is 13.6. The highest BCUT2D eigenvalue weighted by Gasteiger charge is 2.06. The minimum atomic E-state index is -0.424. The highest BCUT2D eigenvalue weighted by molar-refractivity contribution is 7.99. The number of hydrogen-bond donors (Lipinski definition) is 0. The van der Waals surface area contributed by atoms with Crippen LogP contribution in [0.25, 0.3) is 5.69 Å². The number of carbonyl (C=O) groups is 1. The maximum atomic E-state index is 11.8. The molecule has 0 spiro atoms. The van der Waals surface area contributed by atoms with Crippen LogP contribution < -0.4 is 0 Å². The normalized spacial score (nSPS) is 10.0. The van der Waals surface area contributed by atoms with Gasteiger partial charge >= 0.3 is 5.97 Å². The predicted molar refractivity (Wildman–Crippen MR) is 102 cm³/mol. The van der Waals surface area contributed by atoms with Crippen molar-refractivity contribution in [1.82, 2.24) is 14.8 Å². The van der Waals surface area contributed by atoms with Crippen LogP contribution in [-0.4, -0.2) is 33.1 Å². The molecule has 3 aromatic rings. The fraction of sp³-hybridized carbons (Fsp3) is 0.105. The topological polar surface area (TPSA) is 57.0 Å². The maximum Gasteiger partial charge on any atom is 0.339 e. The number of rotatable bonds is 5. The summed E-state index contributed by atoms with van der Waals surface area (Å²) in [6, 6.07) is 16.3. The Morgan fingerprint density at radius 2 is 1.88 bits per heavy atom. The van der Waals surface area contributed by atoms with Crippen LogP contribution in [0, 0.1) is 11.8 Å². The average Bonchev–Trinajstić information content (AvgIpc) is 3.14. The molecule has 0 unspecified atom stereocenters. The van der Waals surface area contributed by atoms with E-state index in [0.717, 1.165) is 10.8 Å². The van der Waals surface area contributed by atoms with Gasteiger partial charge in [0.25, 0.3) is 0 Å². The summed E-state index contributed by atoms with van der Waals surface area (Å²) in [5, 5.41) is 5.55. The van der Waals surface area contributed by atoms with Crippen LogP contribution in [0.5, 0.6) is 0 Å². The Balaban J connectivity index is 1.47. The summed E-state index contributed by atoms with van der Waals surface area (Å²) in [6.07, 6.45) is 1.51. The molecule has 1 aromatic heterocycles. The molecule has 0 amide bonds. The molecule has 2 aromatic carbocycles. The zero-order valence-corrected chi connectivity index (χ0v) is 15.2. The Bertz CT molecular complexity index is 931. The van der Waals surface area contributed by atoms with Gasteiger partial charge in [-0.3, -0.25) is 0 Å². The first-order chi connectivity index (χ1) is 12.7. The van der Waals surface area contributed by atoms with Gasteiger partial charge in [0.15, 0.2) is 11.8 Å². The molecule has 7 heteroatoms. The number of halogens is 1. The minimum absolute atomic E-state index is 0.0351. The van der Waals surface area contributed by atoms with Crippen LogP contribution in [0.3, 0.4) is 0 Å². The van der Waals surface area contributed by atoms with Crippen molar-refractivity contribution in [2.45, 2.75) is 5.16 Å². The minimum Gasteiger partial charge on any atom is -0.449 e. The molecule has 5 nitrogen and oxygen atoms in total.